The van der Waals surface area contributed by atoms with E-state index in [0.717, 1.165) is 11.5 Å². The average molecular weight is 469 g/mol. The van der Waals surface area contributed by atoms with Crippen molar-refractivity contribution < 1.29 is 32.9 Å². The van der Waals surface area contributed by atoms with Gasteiger partial charge in [0.25, 0.3) is 0 Å². The number of esters is 2. The van der Waals surface area contributed by atoms with Crippen LogP contribution >= 0.6 is 0 Å². The maximum absolute atomic E-state index is 15.5. The first-order valence-corrected chi connectivity index (χ1v) is 10.6. The number of ether oxygens (including phenoxy) is 4. The monoisotopic (exact) mass is 469 g/mol. The van der Waals surface area contributed by atoms with E-state index in [2.05, 4.69) is 9.97 Å². The summed E-state index contributed by atoms with van der Waals surface area (Å²) in [5, 5.41) is 0. The lowest BCUT2D eigenvalue weighted by Gasteiger charge is -2.23. The number of hydrogen-bond acceptors (Lipinski definition) is 10. The molecule has 2 N–H and O–H groups in total. The Hall–Kier alpha value is -3.22. The van der Waals surface area contributed by atoms with Crippen LogP contribution in [0.3, 0.4) is 0 Å². The predicted octanol–water partition coefficient (Wildman–Crippen LogP) is 1.10. The summed E-state index contributed by atoms with van der Waals surface area (Å²) in [6.07, 6.45) is -6.21. The van der Waals surface area contributed by atoms with Gasteiger partial charge in [-0.25, -0.2) is 13.8 Å². The Balaban J connectivity index is 2.22. The van der Waals surface area contributed by atoms with Gasteiger partial charge in [0.2, 0.25) is 11.8 Å². The van der Waals surface area contributed by atoms with Gasteiger partial charge >= 0.3 is 17.6 Å². The molecule has 0 aromatic carbocycles. The standard InChI is InChI=1S/C20H28FN5O7/c1-6-8-25-13-16(23-19(22)24-17(13)30-5)26(20(25)29)18-15(32-10(4)28)12(21)14(33-18)11(7-2)31-9(3)27/h11-12,14-15,18H,6-8H2,1-5H3,(H2,22,23,24)/t11-,12-,14+,15+,18+/m0/s1. The molecular weight excluding hydrogens is 441 g/mol. The number of fused-ring (bicyclic) bond motifs is 1. The number of alkyl halides is 1. The zero-order valence-corrected chi connectivity index (χ0v) is 19.1. The van der Waals surface area contributed by atoms with Gasteiger partial charge in [-0.1, -0.05) is 13.8 Å². The summed E-state index contributed by atoms with van der Waals surface area (Å²) < 4.78 is 39.6. The van der Waals surface area contributed by atoms with Gasteiger partial charge in [-0.05, 0) is 12.8 Å². The number of nitrogen functional groups attached to an aromatic ring is 1. The van der Waals surface area contributed by atoms with Gasteiger partial charge in [0.15, 0.2) is 29.7 Å². The fraction of sp³-hybridized carbons (Fsp3) is 0.650. The summed E-state index contributed by atoms with van der Waals surface area (Å²) >= 11 is 0. The SMILES string of the molecule is CCCn1c(=O)n([C@@H]2O[C@H]([C@H](CC)OC(C)=O)[C@H](F)[C@H]2OC(C)=O)c2nc(N)nc(OC)c21. The van der Waals surface area contributed by atoms with Gasteiger partial charge in [0.1, 0.15) is 12.2 Å². The van der Waals surface area contributed by atoms with Crippen molar-refractivity contribution in [2.24, 2.45) is 0 Å². The van der Waals surface area contributed by atoms with Crippen LogP contribution in [0.1, 0.15) is 46.8 Å². The highest BCUT2D eigenvalue weighted by Crippen LogP contribution is 2.38. The Morgan fingerprint density at radius 1 is 1.24 bits per heavy atom. The number of carbonyl (C=O) groups is 2. The van der Waals surface area contributed by atoms with Crippen molar-refractivity contribution in [3.8, 4) is 5.88 Å². The Kier molecular flexibility index (Phi) is 7.20. The topological polar surface area (TPSA) is 150 Å². The smallest absolute Gasteiger partial charge is 0.332 e. The van der Waals surface area contributed by atoms with Crippen LogP contribution < -0.4 is 16.2 Å². The van der Waals surface area contributed by atoms with Crippen molar-refractivity contribution in [3.63, 3.8) is 0 Å². The van der Waals surface area contributed by atoms with Crippen LogP contribution in [0.5, 0.6) is 5.88 Å². The summed E-state index contributed by atoms with van der Waals surface area (Å²) in [6.45, 7) is 6.15. The molecule has 182 valence electrons. The second-order valence-electron chi connectivity index (χ2n) is 7.63. The van der Waals surface area contributed by atoms with Crippen LogP contribution in [0.4, 0.5) is 10.3 Å². The van der Waals surface area contributed by atoms with E-state index in [-0.39, 0.29) is 36.0 Å². The molecule has 2 aromatic rings. The molecule has 5 atom stereocenters. The lowest BCUT2D eigenvalue weighted by atomic mass is 10.0. The molecule has 3 rings (SSSR count). The second kappa shape index (κ2) is 9.73. The zero-order chi connectivity index (χ0) is 24.4. The third kappa shape index (κ3) is 4.49. The molecule has 0 spiro atoms. The van der Waals surface area contributed by atoms with Gasteiger partial charge < -0.3 is 24.7 Å². The number of rotatable bonds is 8. The molecule has 3 heterocycles. The Morgan fingerprint density at radius 2 is 1.94 bits per heavy atom. The summed E-state index contributed by atoms with van der Waals surface area (Å²) in [7, 11) is 1.37. The quantitative estimate of drug-likeness (QED) is 0.557. The van der Waals surface area contributed by atoms with E-state index in [4.69, 9.17) is 24.7 Å². The number of anilines is 1. The number of aromatic nitrogens is 4. The molecule has 0 amide bonds. The largest absolute Gasteiger partial charge is 0.479 e. The van der Waals surface area contributed by atoms with Crippen molar-refractivity contribution in [1.29, 1.82) is 0 Å². The maximum Gasteiger partial charge on any atom is 0.332 e. The second-order valence-corrected chi connectivity index (χ2v) is 7.63. The minimum atomic E-state index is -1.89. The Labute approximate surface area is 188 Å². The van der Waals surface area contributed by atoms with Crippen LogP contribution in [-0.4, -0.2) is 62.6 Å². The number of carbonyl (C=O) groups excluding carboxylic acids is 2. The molecule has 33 heavy (non-hydrogen) atoms. The molecule has 1 saturated heterocycles. The van der Waals surface area contributed by atoms with E-state index in [1.807, 2.05) is 6.92 Å². The third-order valence-corrected chi connectivity index (χ3v) is 5.27. The number of methoxy groups -OCH3 is 1. The van der Waals surface area contributed by atoms with E-state index in [9.17, 15) is 14.4 Å². The normalized spacial score (nSPS) is 23.5. The zero-order valence-electron chi connectivity index (χ0n) is 19.1. The van der Waals surface area contributed by atoms with Gasteiger partial charge in [-0.2, -0.15) is 9.97 Å². The minimum absolute atomic E-state index is 0.0355. The molecule has 0 saturated carbocycles. The number of nitrogens with zero attached hydrogens (tertiary/aromatic N) is 4. The van der Waals surface area contributed by atoms with Crippen molar-refractivity contribution in [1.82, 2.24) is 19.1 Å². The number of nitrogens with two attached hydrogens (primary N) is 1. The fourth-order valence-electron chi connectivity index (χ4n) is 4.03. The van der Waals surface area contributed by atoms with E-state index in [0.29, 0.717) is 6.42 Å². The summed E-state index contributed by atoms with van der Waals surface area (Å²) in [5.41, 5.74) is 5.49. The molecule has 1 aliphatic heterocycles. The molecule has 0 unspecified atom stereocenters. The van der Waals surface area contributed by atoms with Crippen molar-refractivity contribution in [3.05, 3.63) is 10.5 Å². The van der Waals surface area contributed by atoms with Crippen LogP contribution in [-0.2, 0) is 30.3 Å². The van der Waals surface area contributed by atoms with Crippen LogP contribution in [0.2, 0.25) is 0 Å². The van der Waals surface area contributed by atoms with E-state index in [1.54, 1.807) is 6.92 Å². The van der Waals surface area contributed by atoms with Crippen molar-refractivity contribution in [2.75, 3.05) is 12.8 Å². The molecule has 1 fully saturated rings. The lowest BCUT2D eigenvalue weighted by molar-refractivity contribution is -0.159. The number of hydrogen-bond donors (Lipinski definition) is 1. The highest BCUT2D eigenvalue weighted by Gasteiger charge is 2.53. The molecule has 13 heteroatoms. The fourth-order valence-corrected chi connectivity index (χ4v) is 4.03. The molecule has 1 aliphatic rings. The van der Waals surface area contributed by atoms with E-state index >= 15 is 4.39 Å². The van der Waals surface area contributed by atoms with Gasteiger partial charge in [-0.3, -0.25) is 14.2 Å². The molecule has 0 bridgehead atoms. The number of imidazole rings is 1. The number of aryl methyl sites for hydroxylation is 1. The van der Waals surface area contributed by atoms with E-state index < -0.39 is 48.3 Å². The predicted molar refractivity (Wildman–Crippen MR) is 113 cm³/mol. The highest BCUT2D eigenvalue weighted by atomic mass is 19.1. The summed E-state index contributed by atoms with van der Waals surface area (Å²) in [4.78, 5) is 44.9. The first kappa shape index (κ1) is 24.4. The van der Waals surface area contributed by atoms with Gasteiger partial charge in [0.05, 0.1) is 7.11 Å². The molecule has 0 radical (unpaired) electrons. The first-order valence-electron chi connectivity index (χ1n) is 10.6. The van der Waals surface area contributed by atoms with Crippen LogP contribution in [0.25, 0.3) is 11.2 Å². The van der Waals surface area contributed by atoms with E-state index in [1.165, 1.54) is 18.6 Å². The molecule has 12 nitrogen and oxygen atoms in total. The van der Waals surface area contributed by atoms with Crippen molar-refractivity contribution >= 4 is 29.1 Å². The lowest BCUT2D eigenvalue weighted by Crippen LogP contribution is -2.39. The van der Waals surface area contributed by atoms with Crippen LogP contribution in [0, 0.1) is 0 Å². The number of halogens is 1. The van der Waals surface area contributed by atoms with Gasteiger partial charge in [0, 0.05) is 20.4 Å². The third-order valence-electron chi connectivity index (χ3n) is 5.27. The molecule has 0 aliphatic carbocycles. The Morgan fingerprint density at radius 3 is 2.48 bits per heavy atom. The summed E-state index contributed by atoms with van der Waals surface area (Å²) in [6, 6.07) is 0. The highest BCUT2D eigenvalue weighted by molar-refractivity contribution is 5.78. The average Bonchev–Trinajstić information content (AvgIpc) is 3.19. The Bertz CT molecular complexity index is 1100. The van der Waals surface area contributed by atoms with Gasteiger partial charge in [-0.15, -0.1) is 0 Å². The summed E-state index contributed by atoms with van der Waals surface area (Å²) in [5.74, 6) is -1.51. The van der Waals surface area contributed by atoms with Crippen molar-refractivity contribution in [2.45, 2.75) is 77.8 Å². The maximum atomic E-state index is 15.5. The van der Waals surface area contributed by atoms with Crippen LogP contribution in [0.15, 0.2) is 4.79 Å². The first-order chi connectivity index (χ1) is 15.6. The molecular formula is C20H28FN5O7. The molecule has 2 aromatic heterocycles. The minimum Gasteiger partial charge on any atom is -0.479 e.